The van der Waals surface area contributed by atoms with Crippen LogP contribution in [0.5, 0.6) is 0 Å². The minimum absolute atomic E-state index is 0.226. The molecule has 21 heavy (non-hydrogen) atoms. The SMILES string of the molecule is N#CC12CCCCC(CC1)C2NS(=O)(=O)c1ccc(Cl)s1. The molecule has 1 heterocycles. The molecule has 0 aromatic carbocycles. The van der Waals surface area contributed by atoms with Crippen molar-refractivity contribution in [2.24, 2.45) is 11.3 Å². The van der Waals surface area contributed by atoms with E-state index in [1.165, 1.54) is 6.07 Å². The van der Waals surface area contributed by atoms with Gasteiger partial charge in [0.05, 0.1) is 15.8 Å². The highest BCUT2D eigenvalue weighted by Gasteiger charge is 2.51. The second kappa shape index (κ2) is 5.54. The Labute approximate surface area is 134 Å². The Morgan fingerprint density at radius 1 is 1.33 bits per heavy atom. The molecular formula is C14H17ClN2O2S2. The van der Waals surface area contributed by atoms with Gasteiger partial charge in [0.1, 0.15) is 4.21 Å². The molecule has 2 bridgehead atoms. The largest absolute Gasteiger partial charge is 0.250 e. The molecule has 0 radical (unpaired) electrons. The highest BCUT2D eigenvalue weighted by molar-refractivity contribution is 7.91. The van der Waals surface area contributed by atoms with Gasteiger partial charge in [0.25, 0.3) is 0 Å². The van der Waals surface area contributed by atoms with Crippen LogP contribution in [0.4, 0.5) is 0 Å². The molecule has 2 aliphatic rings. The van der Waals surface area contributed by atoms with Gasteiger partial charge in [-0.1, -0.05) is 24.4 Å². The van der Waals surface area contributed by atoms with Gasteiger partial charge in [-0.25, -0.2) is 13.1 Å². The normalized spacial score (nSPS) is 32.6. The second-order valence-electron chi connectivity index (χ2n) is 5.97. The summed E-state index contributed by atoms with van der Waals surface area (Å²) in [7, 11) is -3.60. The summed E-state index contributed by atoms with van der Waals surface area (Å²) in [5.41, 5.74) is -0.532. The maximum atomic E-state index is 12.5. The lowest BCUT2D eigenvalue weighted by atomic mass is 9.80. The third-order valence-corrected chi connectivity index (χ3v) is 7.96. The van der Waals surface area contributed by atoms with Crippen molar-refractivity contribution in [1.82, 2.24) is 4.72 Å². The lowest BCUT2D eigenvalue weighted by Crippen LogP contribution is -2.46. The molecule has 3 rings (SSSR count). The van der Waals surface area contributed by atoms with Crippen molar-refractivity contribution in [3.8, 4) is 6.07 Å². The number of fused-ring (bicyclic) bond motifs is 2. The summed E-state index contributed by atoms with van der Waals surface area (Å²) < 4.78 is 28.6. The highest BCUT2D eigenvalue weighted by Crippen LogP contribution is 2.50. The Hall–Kier alpha value is -0.610. The number of nitrogens with one attached hydrogen (secondary N) is 1. The Balaban J connectivity index is 1.91. The fraction of sp³-hybridized carbons (Fsp3) is 0.643. The van der Waals surface area contributed by atoms with Gasteiger partial charge < -0.3 is 0 Å². The molecular weight excluding hydrogens is 328 g/mol. The Bertz CT molecular complexity index is 679. The number of hydrogen-bond donors (Lipinski definition) is 1. The average molecular weight is 345 g/mol. The van der Waals surface area contributed by atoms with Crippen LogP contribution >= 0.6 is 22.9 Å². The number of rotatable bonds is 3. The third kappa shape index (κ3) is 2.72. The van der Waals surface area contributed by atoms with Gasteiger partial charge in [0, 0.05) is 6.04 Å². The quantitative estimate of drug-likeness (QED) is 0.911. The van der Waals surface area contributed by atoms with Gasteiger partial charge in [-0.05, 0) is 43.7 Å². The van der Waals surface area contributed by atoms with Crippen LogP contribution in [0.25, 0.3) is 0 Å². The summed E-state index contributed by atoms with van der Waals surface area (Å²) in [6.07, 6.45) is 5.61. The molecule has 114 valence electrons. The number of sulfonamides is 1. The molecule has 2 fully saturated rings. The first-order chi connectivity index (χ1) is 9.97. The van der Waals surface area contributed by atoms with Crippen LogP contribution < -0.4 is 4.72 Å². The summed E-state index contributed by atoms with van der Waals surface area (Å²) in [4.78, 5) is 0. The second-order valence-corrected chi connectivity index (χ2v) is 9.63. The van der Waals surface area contributed by atoms with E-state index < -0.39 is 15.4 Å². The smallest absolute Gasteiger partial charge is 0.206 e. The summed E-state index contributed by atoms with van der Waals surface area (Å²) in [6.45, 7) is 0. The van der Waals surface area contributed by atoms with Gasteiger partial charge in [-0.3, -0.25) is 0 Å². The number of hydrogen-bond acceptors (Lipinski definition) is 4. The molecule has 3 unspecified atom stereocenters. The molecule has 0 spiro atoms. The summed E-state index contributed by atoms with van der Waals surface area (Å²) in [5.74, 6) is 0.275. The van der Waals surface area contributed by atoms with Gasteiger partial charge in [-0.15, -0.1) is 11.3 Å². The Kier molecular flexibility index (Phi) is 4.04. The average Bonchev–Trinajstić information content (AvgIpc) is 2.94. The maximum Gasteiger partial charge on any atom is 0.250 e. The van der Waals surface area contributed by atoms with Crippen molar-refractivity contribution in [3.05, 3.63) is 16.5 Å². The van der Waals surface area contributed by atoms with Crippen LogP contribution in [0, 0.1) is 22.7 Å². The van der Waals surface area contributed by atoms with Crippen LogP contribution in [0.2, 0.25) is 4.34 Å². The van der Waals surface area contributed by atoms with Gasteiger partial charge in [0.2, 0.25) is 10.0 Å². The van der Waals surface area contributed by atoms with Crippen LogP contribution in [-0.4, -0.2) is 14.5 Å². The van der Waals surface area contributed by atoms with E-state index in [-0.39, 0.29) is 16.2 Å². The fourth-order valence-electron chi connectivity index (χ4n) is 3.71. The first-order valence-electron chi connectivity index (χ1n) is 7.16. The van der Waals surface area contributed by atoms with Gasteiger partial charge >= 0.3 is 0 Å². The minimum Gasteiger partial charge on any atom is -0.206 e. The molecule has 1 aromatic rings. The first-order valence-corrected chi connectivity index (χ1v) is 9.84. The lowest BCUT2D eigenvalue weighted by Gasteiger charge is -2.29. The van der Waals surface area contributed by atoms with Crippen LogP contribution in [0.15, 0.2) is 16.3 Å². The van der Waals surface area contributed by atoms with Crippen LogP contribution in [-0.2, 0) is 10.0 Å². The standard InChI is InChI=1S/C14H17ClN2O2S2/c15-11-4-5-12(20-11)21(18,19)17-13-10-3-1-2-7-14(13,9-16)8-6-10/h4-5,10,13,17H,1-3,6-8H2. The highest BCUT2D eigenvalue weighted by atomic mass is 35.5. The topological polar surface area (TPSA) is 70.0 Å². The molecule has 1 N–H and O–H groups in total. The van der Waals surface area contributed by atoms with E-state index in [2.05, 4.69) is 10.8 Å². The summed E-state index contributed by atoms with van der Waals surface area (Å²) in [5, 5.41) is 9.63. The predicted molar refractivity (Wildman–Crippen MR) is 82.7 cm³/mol. The van der Waals surface area contributed by atoms with E-state index in [4.69, 9.17) is 11.6 Å². The molecule has 2 aliphatic carbocycles. The van der Waals surface area contributed by atoms with Crippen molar-refractivity contribution >= 4 is 33.0 Å². The van der Waals surface area contributed by atoms with Gasteiger partial charge in [-0.2, -0.15) is 5.26 Å². The molecule has 2 saturated carbocycles. The minimum atomic E-state index is -3.60. The first kappa shape index (κ1) is 15.3. The molecule has 1 aromatic heterocycles. The van der Waals surface area contributed by atoms with Crippen molar-refractivity contribution in [2.45, 2.75) is 48.8 Å². The van der Waals surface area contributed by atoms with E-state index in [9.17, 15) is 13.7 Å². The molecule has 3 atom stereocenters. The maximum absolute atomic E-state index is 12.5. The van der Waals surface area contributed by atoms with Crippen LogP contribution in [0.1, 0.15) is 38.5 Å². The third-order valence-electron chi connectivity index (χ3n) is 4.79. The van der Waals surface area contributed by atoms with E-state index in [1.807, 2.05) is 0 Å². The molecule has 0 saturated heterocycles. The number of thiophene rings is 1. The van der Waals surface area contributed by atoms with Crippen molar-refractivity contribution in [2.75, 3.05) is 0 Å². The van der Waals surface area contributed by atoms with E-state index in [0.29, 0.717) is 4.34 Å². The van der Waals surface area contributed by atoms with Crippen molar-refractivity contribution in [1.29, 1.82) is 5.26 Å². The van der Waals surface area contributed by atoms with E-state index in [0.717, 1.165) is 49.9 Å². The van der Waals surface area contributed by atoms with Gasteiger partial charge in [0.15, 0.2) is 0 Å². The number of nitrogens with zero attached hydrogens (tertiary/aromatic N) is 1. The molecule has 0 amide bonds. The zero-order valence-electron chi connectivity index (χ0n) is 11.5. The predicted octanol–water partition coefficient (Wildman–Crippen LogP) is 3.54. The van der Waals surface area contributed by atoms with E-state index >= 15 is 0 Å². The van der Waals surface area contributed by atoms with Crippen molar-refractivity contribution in [3.63, 3.8) is 0 Å². The lowest BCUT2D eigenvalue weighted by molar-refractivity contribution is 0.299. The Morgan fingerprint density at radius 2 is 2.14 bits per heavy atom. The fourth-order valence-corrected chi connectivity index (χ4v) is 6.59. The Morgan fingerprint density at radius 3 is 2.81 bits per heavy atom. The number of nitriles is 1. The summed E-state index contributed by atoms with van der Waals surface area (Å²) in [6, 6.07) is 5.27. The zero-order valence-corrected chi connectivity index (χ0v) is 13.9. The molecule has 7 heteroatoms. The van der Waals surface area contributed by atoms with Crippen molar-refractivity contribution < 1.29 is 8.42 Å². The molecule has 4 nitrogen and oxygen atoms in total. The van der Waals surface area contributed by atoms with E-state index in [1.54, 1.807) is 6.07 Å². The number of halogens is 1. The molecule has 0 aliphatic heterocycles. The summed E-state index contributed by atoms with van der Waals surface area (Å²) >= 11 is 6.88. The van der Waals surface area contributed by atoms with Crippen LogP contribution in [0.3, 0.4) is 0 Å². The zero-order chi connectivity index (χ0) is 15.1. The monoisotopic (exact) mass is 344 g/mol.